The largest absolute Gasteiger partial charge is 0.459 e. The first-order valence-corrected chi connectivity index (χ1v) is 31.9. The Kier molecular flexibility index (Phi) is 16.5. The van der Waals surface area contributed by atoms with Crippen LogP contribution in [0.15, 0.2) is 0 Å². The first kappa shape index (κ1) is 58.9. The summed E-state index contributed by atoms with van der Waals surface area (Å²) in [6.07, 6.45) is 22.8. The van der Waals surface area contributed by atoms with Crippen molar-refractivity contribution in [3.63, 3.8) is 0 Å². The van der Waals surface area contributed by atoms with Gasteiger partial charge in [0, 0.05) is 24.2 Å². The molecule has 14 unspecified atom stereocenters. The van der Waals surface area contributed by atoms with Crippen LogP contribution in [0, 0.1) is 80.8 Å². The molecular formula is C62H102O12S. The molecule has 1 N–H and O–H groups in total. The Morgan fingerprint density at radius 2 is 1.09 bits per heavy atom. The molecule has 10 bridgehead atoms. The molecule has 0 aromatic carbocycles. The number of carbonyl (C=O) groups excluding carboxylic acids is 4. The van der Waals surface area contributed by atoms with E-state index in [9.17, 15) is 32.7 Å². The lowest BCUT2D eigenvalue weighted by Gasteiger charge is -2.59. The zero-order valence-electron chi connectivity index (χ0n) is 49.1. The minimum atomic E-state index is -3.43. The maximum Gasteiger partial charge on any atom is 0.312 e. The molecular weight excluding hydrogens is 969 g/mol. The van der Waals surface area contributed by atoms with Crippen molar-refractivity contribution in [1.82, 2.24) is 0 Å². The Morgan fingerprint density at radius 1 is 0.573 bits per heavy atom. The molecule has 1 aliphatic heterocycles. The van der Waals surface area contributed by atoms with Crippen LogP contribution in [0.5, 0.6) is 0 Å². The van der Waals surface area contributed by atoms with Gasteiger partial charge in [-0.2, -0.15) is 8.42 Å². The zero-order chi connectivity index (χ0) is 55.1. The van der Waals surface area contributed by atoms with Gasteiger partial charge in [-0.25, -0.2) is 0 Å². The fraction of sp³-hybridized carbons (Fsp3) is 0.935. The highest BCUT2D eigenvalue weighted by atomic mass is 32.2. The van der Waals surface area contributed by atoms with Gasteiger partial charge in [-0.1, -0.05) is 41.5 Å². The van der Waals surface area contributed by atoms with E-state index in [1.807, 2.05) is 76.2 Å². The third-order valence-corrected chi connectivity index (χ3v) is 24.7. The van der Waals surface area contributed by atoms with Gasteiger partial charge in [0.05, 0.1) is 32.5 Å². The van der Waals surface area contributed by atoms with Gasteiger partial charge >= 0.3 is 23.9 Å². The van der Waals surface area contributed by atoms with Crippen LogP contribution in [0.4, 0.5) is 0 Å². The van der Waals surface area contributed by atoms with E-state index in [1.54, 1.807) is 0 Å². The van der Waals surface area contributed by atoms with Crippen molar-refractivity contribution in [2.24, 2.45) is 80.8 Å². The number of fused-ring (bicyclic) bond motifs is 10. The van der Waals surface area contributed by atoms with Crippen molar-refractivity contribution in [3.8, 4) is 0 Å². The summed E-state index contributed by atoms with van der Waals surface area (Å²) in [5, 5.41) is 10.3. The Bertz CT molecular complexity index is 2210. The van der Waals surface area contributed by atoms with E-state index in [0.717, 1.165) is 113 Å². The molecule has 12 fully saturated rings. The highest BCUT2D eigenvalue weighted by Gasteiger charge is 2.69. The summed E-state index contributed by atoms with van der Waals surface area (Å²) in [6, 6.07) is 0. The van der Waals surface area contributed by atoms with Crippen LogP contribution in [0.25, 0.3) is 0 Å². The van der Waals surface area contributed by atoms with Crippen LogP contribution in [-0.2, 0) is 52.4 Å². The van der Waals surface area contributed by atoms with Crippen LogP contribution in [0.3, 0.4) is 0 Å². The van der Waals surface area contributed by atoms with Gasteiger partial charge in [0.2, 0.25) is 0 Å². The average molecular weight is 1070 g/mol. The van der Waals surface area contributed by atoms with Crippen molar-refractivity contribution in [3.05, 3.63) is 0 Å². The second-order valence-corrected chi connectivity index (χ2v) is 31.1. The van der Waals surface area contributed by atoms with Crippen molar-refractivity contribution >= 4 is 34.0 Å². The Morgan fingerprint density at radius 3 is 1.61 bits per heavy atom. The molecule has 0 aromatic heterocycles. The van der Waals surface area contributed by atoms with E-state index < -0.39 is 32.7 Å². The van der Waals surface area contributed by atoms with Gasteiger partial charge in [-0.15, -0.1) is 0 Å². The van der Waals surface area contributed by atoms with Crippen LogP contribution >= 0.6 is 0 Å². The number of esters is 4. The fourth-order valence-corrected chi connectivity index (χ4v) is 18.9. The molecule has 428 valence electrons. The van der Waals surface area contributed by atoms with Gasteiger partial charge in [0.25, 0.3) is 10.1 Å². The van der Waals surface area contributed by atoms with Crippen molar-refractivity contribution in [2.75, 3.05) is 0 Å². The Labute approximate surface area is 453 Å². The number of carbonyl (C=O) groups is 4. The summed E-state index contributed by atoms with van der Waals surface area (Å²) in [4.78, 5) is 49.2. The lowest BCUT2D eigenvalue weighted by molar-refractivity contribution is -0.225. The molecule has 1 saturated heterocycles. The number of hydrogen-bond donors (Lipinski definition) is 1. The lowest BCUT2D eigenvalue weighted by atomic mass is 9.52. The van der Waals surface area contributed by atoms with Crippen molar-refractivity contribution in [2.45, 2.75) is 284 Å². The molecule has 11 aliphatic carbocycles. The lowest BCUT2D eigenvalue weighted by Crippen LogP contribution is -2.61. The minimum absolute atomic E-state index is 0.0197. The molecule has 14 atom stereocenters. The Hall–Kier alpha value is -2.25. The smallest absolute Gasteiger partial charge is 0.312 e. The molecule has 75 heavy (non-hydrogen) atoms. The van der Waals surface area contributed by atoms with Gasteiger partial charge in [0.1, 0.15) is 29.0 Å². The first-order chi connectivity index (χ1) is 34.9. The summed E-state index contributed by atoms with van der Waals surface area (Å²) in [5.41, 5.74) is -2.78. The SMILES string of the molecule is CCC(C)(C)C(=O)OC1(CC)CC2CC1C1C3CCC(C3)C21.CCC(C)(C)C(=O)OC12CC3CC(CC(O)(C3)C1)C2.CCC(C)(C)C(=O)OC1C2CC3C1OS(=O)(=O)C3C2.CCC1(OC(=O)C(C)(C)CC)CCCC1. The van der Waals surface area contributed by atoms with Crippen molar-refractivity contribution in [1.29, 1.82) is 0 Å². The number of hydrogen-bond acceptors (Lipinski definition) is 12. The normalized spacial score (nSPS) is 40.4. The number of aliphatic hydroxyl groups is 1. The molecule has 12 nitrogen and oxygen atoms in total. The van der Waals surface area contributed by atoms with Crippen LogP contribution in [-0.4, -0.2) is 77.3 Å². The third kappa shape index (κ3) is 11.2. The highest BCUT2D eigenvalue weighted by molar-refractivity contribution is 7.87. The second kappa shape index (κ2) is 21.0. The quantitative estimate of drug-likeness (QED) is 0.0757. The highest BCUT2D eigenvalue weighted by Crippen LogP contribution is 2.71. The average Bonchev–Trinajstić information content (AvgIpc) is 4.23. The molecule has 0 radical (unpaired) electrons. The van der Waals surface area contributed by atoms with Crippen molar-refractivity contribution < 1.29 is 55.8 Å². The topological polar surface area (TPSA) is 169 Å². The van der Waals surface area contributed by atoms with E-state index in [0.29, 0.717) is 37.0 Å². The number of ether oxygens (including phenoxy) is 4. The summed E-state index contributed by atoms with van der Waals surface area (Å²) in [6.45, 7) is 28.0. The molecule has 1 heterocycles. The third-order valence-electron chi connectivity index (χ3n) is 22.9. The van der Waals surface area contributed by atoms with E-state index in [1.165, 1.54) is 44.9 Å². The number of rotatable bonds is 14. The minimum Gasteiger partial charge on any atom is -0.459 e. The molecule has 11 saturated carbocycles. The first-order valence-electron chi connectivity index (χ1n) is 30.5. The van der Waals surface area contributed by atoms with E-state index >= 15 is 0 Å². The molecule has 0 spiro atoms. The summed E-state index contributed by atoms with van der Waals surface area (Å²) in [5.74, 6) is 6.34. The van der Waals surface area contributed by atoms with Crippen LogP contribution in [0.1, 0.15) is 245 Å². The summed E-state index contributed by atoms with van der Waals surface area (Å²) < 4.78 is 52.4. The summed E-state index contributed by atoms with van der Waals surface area (Å²) >= 11 is 0. The molecule has 0 amide bonds. The van der Waals surface area contributed by atoms with Gasteiger partial charge in [0.15, 0.2) is 0 Å². The van der Waals surface area contributed by atoms with Crippen LogP contribution in [0.2, 0.25) is 0 Å². The molecule has 12 aliphatic rings. The predicted molar refractivity (Wildman–Crippen MR) is 289 cm³/mol. The monoisotopic (exact) mass is 1070 g/mol. The standard InChI is InChI=1S/C20H32O2.C16H26O3.C13H20O5S.C13H24O2/c1-5-19(3,4)18(21)22-20(6-2)11-14-10-15(20)17-13-8-7-12(9-13)16(14)17;1-4-14(2,3)13(17)19-16-8-11-5-12(9-16)7-15(18,6-11)10-16;1-4-13(2,3)12(14)17-10-7-5-8-9(6-7)19(15,16)18-11(8)10;1-5-12(3,4)11(14)15-13(6-2)9-7-8-10-13/h12-17H,5-11H2,1-4H3;11-12,18H,4-10H2,1-3H3;7-11H,4-6H2,1-3H3;5-10H2,1-4H3. The predicted octanol–water partition coefficient (Wildman–Crippen LogP) is 13.0. The maximum atomic E-state index is 12.7. The zero-order valence-corrected chi connectivity index (χ0v) is 49.9. The molecule has 0 aromatic rings. The molecule has 13 heteroatoms. The van der Waals surface area contributed by atoms with E-state index in [-0.39, 0.29) is 74.7 Å². The van der Waals surface area contributed by atoms with Gasteiger partial charge in [-0.3, -0.25) is 23.4 Å². The van der Waals surface area contributed by atoms with Crippen LogP contribution < -0.4 is 0 Å². The fourth-order valence-electron chi connectivity index (χ4n) is 17.0. The van der Waals surface area contributed by atoms with Gasteiger partial charge < -0.3 is 24.1 Å². The molecule has 12 rings (SSSR count). The second-order valence-electron chi connectivity index (χ2n) is 29.3. The van der Waals surface area contributed by atoms with E-state index in [2.05, 4.69) is 20.8 Å². The summed E-state index contributed by atoms with van der Waals surface area (Å²) in [7, 11) is -3.43. The maximum absolute atomic E-state index is 12.7. The van der Waals surface area contributed by atoms with Gasteiger partial charge in [-0.05, 0) is 238 Å². The Balaban J connectivity index is 0.000000134. The van der Waals surface area contributed by atoms with E-state index in [4.69, 9.17) is 23.1 Å².